The van der Waals surface area contributed by atoms with Gasteiger partial charge < -0.3 is 10.6 Å². The maximum Gasteiger partial charge on any atom is 0.259 e. The van der Waals surface area contributed by atoms with E-state index in [-0.39, 0.29) is 11.7 Å². The molecule has 0 bridgehead atoms. The molecule has 2 aromatic heterocycles. The number of nitrogens with zero attached hydrogens (tertiary/aromatic N) is 3. The second kappa shape index (κ2) is 6.94. The summed E-state index contributed by atoms with van der Waals surface area (Å²) >= 11 is 1.52. The van der Waals surface area contributed by atoms with Crippen LogP contribution < -0.4 is 10.6 Å². The summed E-state index contributed by atoms with van der Waals surface area (Å²) in [5.41, 5.74) is 2.34. The smallest absolute Gasteiger partial charge is 0.259 e. The normalized spacial score (nSPS) is 10.6. The van der Waals surface area contributed by atoms with E-state index in [0.29, 0.717) is 28.0 Å². The van der Waals surface area contributed by atoms with Gasteiger partial charge in [-0.3, -0.25) is 4.79 Å². The number of aryl methyl sites for hydroxylation is 3. The second-order valence-corrected chi connectivity index (χ2v) is 6.64. The fourth-order valence-corrected chi connectivity index (χ4v) is 2.91. The molecular weight excluding hydrogens is 341 g/mol. The Morgan fingerprint density at radius 2 is 1.80 bits per heavy atom. The predicted molar refractivity (Wildman–Crippen MR) is 96.0 cm³/mol. The van der Waals surface area contributed by atoms with Crippen LogP contribution in [0.25, 0.3) is 0 Å². The number of hydrogen-bond donors (Lipinski definition) is 2. The molecule has 1 amide bonds. The van der Waals surface area contributed by atoms with Gasteiger partial charge in [-0.15, -0.1) is 11.3 Å². The number of benzene rings is 1. The first-order valence-electron chi connectivity index (χ1n) is 7.54. The molecule has 6 nitrogen and oxygen atoms in total. The molecule has 2 N–H and O–H groups in total. The zero-order valence-corrected chi connectivity index (χ0v) is 14.7. The highest BCUT2D eigenvalue weighted by Crippen LogP contribution is 2.23. The molecule has 0 saturated heterocycles. The van der Waals surface area contributed by atoms with E-state index in [9.17, 15) is 9.18 Å². The van der Waals surface area contributed by atoms with Crippen molar-refractivity contribution in [1.29, 1.82) is 0 Å². The van der Waals surface area contributed by atoms with Crippen LogP contribution in [0.3, 0.4) is 0 Å². The number of aromatic nitrogens is 3. The zero-order valence-electron chi connectivity index (χ0n) is 13.9. The summed E-state index contributed by atoms with van der Waals surface area (Å²) in [5.74, 6) is -0.332. The summed E-state index contributed by atoms with van der Waals surface area (Å²) in [6.07, 6.45) is 1.46. The molecule has 25 heavy (non-hydrogen) atoms. The number of thiazole rings is 1. The first-order valence-corrected chi connectivity index (χ1v) is 8.35. The lowest BCUT2D eigenvalue weighted by Crippen LogP contribution is -2.15. The van der Waals surface area contributed by atoms with Gasteiger partial charge in [0.15, 0.2) is 5.13 Å². The van der Waals surface area contributed by atoms with Gasteiger partial charge in [0.25, 0.3) is 5.91 Å². The first-order chi connectivity index (χ1) is 11.9. The van der Waals surface area contributed by atoms with Crippen LogP contribution in [0.4, 0.5) is 21.2 Å². The monoisotopic (exact) mass is 357 g/mol. The molecule has 128 valence electrons. The summed E-state index contributed by atoms with van der Waals surface area (Å²) in [7, 11) is 0. The number of halogens is 1. The van der Waals surface area contributed by atoms with Gasteiger partial charge in [-0.1, -0.05) is 0 Å². The molecule has 0 aliphatic carbocycles. The summed E-state index contributed by atoms with van der Waals surface area (Å²) in [5, 5.41) is 6.44. The third kappa shape index (κ3) is 3.97. The van der Waals surface area contributed by atoms with Gasteiger partial charge in [0.05, 0.1) is 17.0 Å². The molecule has 2 heterocycles. The summed E-state index contributed by atoms with van der Waals surface area (Å²) in [6.45, 7) is 5.66. The topological polar surface area (TPSA) is 79.8 Å². The van der Waals surface area contributed by atoms with Gasteiger partial charge >= 0.3 is 0 Å². The van der Waals surface area contributed by atoms with E-state index < -0.39 is 0 Å². The van der Waals surface area contributed by atoms with Gasteiger partial charge in [0, 0.05) is 16.8 Å². The predicted octanol–water partition coefficient (Wildman–Crippen LogP) is 3.99. The standard InChI is InChI=1S/C17H16FN5OS/c1-9-11(3)25-17(21-9)23-16-19-8-14(10(2)20-16)15(24)22-13-6-4-12(18)5-7-13/h4-8H,1-3H3,(H,22,24)(H,19,20,21,23). The van der Waals surface area contributed by atoms with Crippen molar-refractivity contribution in [3.8, 4) is 0 Å². The van der Waals surface area contributed by atoms with Gasteiger partial charge in [-0.25, -0.2) is 19.3 Å². The van der Waals surface area contributed by atoms with Gasteiger partial charge in [0.1, 0.15) is 5.82 Å². The fourth-order valence-electron chi connectivity index (χ4n) is 2.10. The van der Waals surface area contributed by atoms with Gasteiger partial charge in [-0.05, 0) is 45.0 Å². The minimum atomic E-state index is -0.361. The number of nitrogens with one attached hydrogen (secondary N) is 2. The van der Waals surface area contributed by atoms with E-state index in [0.717, 1.165) is 10.6 Å². The van der Waals surface area contributed by atoms with Crippen molar-refractivity contribution in [2.24, 2.45) is 0 Å². The van der Waals surface area contributed by atoms with Crippen molar-refractivity contribution in [1.82, 2.24) is 15.0 Å². The molecule has 0 radical (unpaired) electrons. The molecule has 0 unspecified atom stereocenters. The molecule has 8 heteroatoms. The molecule has 0 aliphatic heterocycles. The van der Waals surface area contributed by atoms with Crippen molar-refractivity contribution in [2.45, 2.75) is 20.8 Å². The van der Waals surface area contributed by atoms with Crippen LogP contribution in [-0.4, -0.2) is 20.9 Å². The highest BCUT2D eigenvalue weighted by Gasteiger charge is 2.13. The average Bonchev–Trinajstić information content (AvgIpc) is 2.87. The zero-order chi connectivity index (χ0) is 18.0. The minimum Gasteiger partial charge on any atom is -0.322 e. The second-order valence-electron chi connectivity index (χ2n) is 5.44. The van der Waals surface area contributed by atoms with E-state index in [1.54, 1.807) is 6.92 Å². The Bertz CT molecular complexity index is 904. The molecule has 0 saturated carbocycles. The Kier molecular flexibility index (Phi) is 4.71. The Morgan fingerprint density at radius 1 is 1.08 bits per heavy atom. The lowest BCUT2D eigenvalue weighted by Gasteiger charge is -2.08. The maximum atomic E-state index is 12.9. The number of carbonyl (C=O) groups is 1. The van der Waals surface area contributed by atoms with Crippen molar-refractivity contribution >= 4 is 34.0 Å². The molecule has 3 aromatic rings. The molecule has 0 spiro atoms. The number of anilines is 3. The van der Waals surface area contributed by atoms with Gasteiger partial charge in [-0.2, -0.15) is 0 Å². The van der Waals surface area contributed by atoms with Crippen LogP contribution in [-0.2, 0) is 0 Å². The number of carbonyl (C=O) groups excluding carboxylic acids is 1. The molecule has 0 atom stereocenters. The number of rotatable bonds is 4. The summed E-state index contributed by atoms with van der Waals surface area (Å²) in [6, 6.07) is 5.55. The Hall–Kier alpha value is -2.87. The summed E-state index contributed by atoms with van der Waals surface area (Å²) in [4.78, 5) is 26.3. The van der Waals surface area contributed by atoms with Crippen LogP contribution in [0, 0.1) is 26.6 Å². The van der Waals surface area contributed by atoms with E-state index in [1.807, 2.05) is 13.8 Å². The molecule has 1 aromatic carbocycles. The Labute approximate surface area is 148 Å². The Balaban J connectivity index is 1.74. The van der Waals surface area contributed by atoms with E-state index in [1.165, 1.54) is 41.8 Å². The van der Waals surface area contributed by atoms with Crippen molar-refractivity contribution in [2.75, 3.05) is 10.6 Å². The first kappa shape index (κ1) is 17.0. The molecule has 3 rings (SSSR count). The minimum absolute atomic E-state index is 0.348. The van der Waals surface area contributed by atoms with E-state index in [4.69, 9.17) is 0 Å². The van der Waals surface area contributed by atoms with Crippen LogP contribution in [0.15, 0.2) is 30.5 Å². The van der Waals surface area contributed by atoms with Crippen LogP contribution in [0.2, 0.25) is 0 Å². The molecule has 0 aliphatic rings. The third-order valence-corrected chi connectivity index (χ3v) is 4.56. The van der Waals surface area contributed by atoms with Crippen LogP contribution in [0.5, 0.6) is 0 Å². The van der Waals surface area contributed by atoms with E-state index >= 15 is 0 Å². The lowest BCUT2D eigenvalue weighted by atomic mass is 10.2. The molecular formula is C17H16FN5OS. The largest absolute Gasteiger partial charge is 0.322 e. The highest BCUT2D eigenvalue weighted by atomic mass is 32.1. The summed E-state index contributed by atoms with van der Waals surface area (Å²) < 4.78 is 12.9. The van der Waals surface area contributed by atoms with Crippen molar-refractivity contribution < 1.29 is 9.18 Å². The van der Waals surface area contributed by atoms with Crippen molar-refractivity contribution in [3.63, 3.8) is 0 Å². The fraction of sp³-hybridized carbons (Fsp3) is 0.176. The Morgan fingerprint density at radius 3 is 2.40 bits per heavy atom. The third-order valence-electron chi connectivity index (χ3n) is 3.57. The number of hydrogen-bond acceptors (Lipinski definition) is 6. The van der Waals surface area contributed by atoms with Gasteiger partial charge in [0.2, 0.25) is 5.95 Å². The number of amides is 1. The SMILES string of the molecule is Cc1nc(Nc2nc(C)c(C)s2)ncc1C(=O)Nc1ccc(F)cc1. The maximum absolute atomic E-state index is 12.9. The van der Waals surface area contributed by atoms with Crippen molar-refractivity contribution in [3.05, 3.63) is 58.1 Å². The quantitative estimate of drug-likeness (QED) is 0.738. The van der Waals surface area contributed by atoms with E-state index in [2.05, 4.69) is 25.6 Å². The average molecular weight is 357 g/mol. The lowest BCUT2D eigenvalue weighted by molar-refractivity contribution is 0.102. The highest BCUT2D eigenvalue weighted by molar-refractivity contribution is 7.15. The van der Waals surface area contributed by atoms with Crippen LogP contribution >= 0.6 is 11.3 Å². The molecule has 0 fully saturated rings. The van der Waals surface area contributed by atoms with Crippen LogP contribution in [0.1, 0.15) is 26.6 Å².